The number of amides is 1. The minimum absolute atomic E-state index is 0.0951. The third-order valence-corrected chi connectivity index (χ3v) is 5.91. The van der Waals surface area contributed by atoms with Crippen LogP contribution in [0.3, 0.4) is 0 Å². The third-order valence-electron chi connectivity index (χ3n) is 5.91. The van der Waals surface area contributed by atoms with Gasteiger partial charge in [-0.1, -0.05) is 31.4 Å². The van der Waals surface area contributed by atoms with Crippen LogP contribution in [0.1, 0.15) is 44.9 Å². The summed E-state index contributed by atoms with van der Waals surface area (Å²) in [5.74, 6) is 0.847. The van der Waals surface area contributed by atoms with E-state index in [4.69, 9.17) is 0 Å². The molecule has 1 saturated heterocycles. The van der Waals surface area contributed by atoms with Crippen LogP contribution in [0, 0.1) is 11.7 Å². The number of rotatable bonds is 4. The van der Waals surface area contributed by atoms with E-state index in [0.717, 1.165) is 50.2 Å². The largest absolute Gasteiger partial charge is 0.355 e. The van der Waals surface area contributed by atoms with Crippen molar-refractivity contribution in [2.75, 3.05) is 18.0 Å². The summed E-state index contributed by atoms with van der Waals surface area (Å²) < 4.78 is 13.4. The van der Waals surface area contributed by atoms with Crippen LogP contribution in [0.4, 0.5) is 10.2 Å². The first-order valence-electron chi connectivity index (χ1n) is 10.3. The minimum Gasteiger partial charge on any atom is -0.355 e. The van der Waals surface area contributed by atoms with E-state index in [1.54, 1.807) is 6.07 Å². The Morgan fingerprint density at radius 3 is 2.46 bits per heavy atom. The van der Waals surface area contributed by atoms with E-state index in [9.17, 15) is 9.18 Å². The smallest absolute Gasteiger partial charge is 0.223 e. The topological polar surface area (TPSA) is 58.1 Å². The molecule has 0 spiro atoms. The molecule has 1 aliphatic heterocycles. The molecule has 1 N–H and O–H groups in total. The van der Waals surface area contributed by atoms with Crippen LogP contribution in [0.25, 0.3) is 11.3 Å². The van der Waals surface area contributed by atoms with Crippen molar-refractivity contribution in [2.45, 2.75) is 51.0 Å². The van der Waals surface area contributed by atoms with Crippen LogP contribution in [0.2, 0.25) is 0 Å². The van der Waals surface area contributed by atoms with Crippen molar-refractivity contribution in [3.05, 3.63) is 42.2 Å². The van der Waals surface area contributed by atoms with Crippen molar-refractivity contribution in [3.8, 4) is 11.3 Å². The van der Waals surface area contributed by atoms with Gasteiger partial charge < -0.3 is 10.2 Å². The average molecular weight is 382 g/mol. The van der Waals surface area contributed by atoms with Crippen LogP contribution in [0.15, 0.2) is 36.4 Å². The Kier molecular flexibility index (Phi) is 5.84. The molecule has 0 atom stereocenters. The molecule has 5 nitrogen and oxygen atoms in total. The SMILES string of the molecule is O=C(NC1CCCCC1)C1CCN(c2ccc(-c3cccc(F)c3)nn2)CC1. The normalized spacial score (nSPS) is 18.8. The number of halogens is 1. The molecule has 6 heteroatoms. The van der Waals surface area contributed by atoms with Gasteiger partial charge in [-0.3, -0.25) is 4.79 Å². The van der Waals surface area contributed by atoms with E-state index >= 15 is 0 Å². The van der Waals surface area contributed by atoms with Gasteiger partial charge in [0.15, 0.2) is 5.82 Å². The fourth-order valence-electron chi connectivity index (χ4n) is 4.23. The summed E-state index contributed by atoms with van der Waals surface area (Å²) in [6, 6.07) is 10.5. The second kappa shape index (κ2) is 8.67. The molecule has 0 bridgehead atoms. The number of piperidine rings is 1. The Morgan fingerprint density at radius 1 is 1.00 bits per heavy atom. The molecule has 2 fully saturated rings. The van der Waals surface area contributed by atoms with E-state index in [-0.39, 0.29) is 17.6 Å². The Balaban J connectivity index is 1.31. The Hall–Kier alpha value is -2.50. The summed E-state index contributed by atoms with van der Waals surface area (Å²) in [6.45, 7) is 1.60. The van der Waals surface area contributed by atoms with Gasteiger partial charge in [-0.2, -0.15) is 0 Å². The van der Waals surface area contributed by atoms with Crippen molar-refractivity contribution in [1.29, 1.82) is 0 Å². The lowest BCUT2D eigenvalue weighted by Gasteiger charge is -2.33. The number of anilines is 1. The molecular weight excluding hydrogens is 355 g/mol. The summed E-state index contributed by atoms with van der Waals surface area (Å²) in [4.78, 5) is 14.7. The predicted octanol–water partition coefficient (Wildman–Crippen LogP) is 3.95. The molecule has 0 unspecified atom stereocenters. The first kappa shape index (κ1) is 18.8. The monoisotopic (exact) mass is 382 g/mol. The van der Waals surface area contributed by atoms with E-state index in [1.165, 1.54) is 31.4 Å². The van der Waals surface area contributed by atoms with Crippen molar-refractivity contribution in [3.63, 3.8) is 0 Å². The highest BCUT2D eigenvalue weighted by molar-refractivity contribution is 5.79. The Labute approximate surface area is 165 Å². The molecule has 1 amide bonds. The molecule has 4 rings (SSSR count). The van der Waals surface area contributed by atoms with Gasteiger partial charge in [-0.15, -0.1) is 10.2 Å². The highest BCUT2D eigenvalue weighted by Gasteiger charge is 2.27. The second-order valence-electron chi connectivity index (χ2n) is 7.89. The average Bonchev–Trinajstić information content (AvgIpc) is 2.75. The van der Waals surface area contributed by atoms with Crippen LogP contribution < -0.4 is 10.2 Å². The summed E-state index contributed by atoms with van der Waals surface area (Å²) >= 11 is 0. The van der Waals surface area contributed by atoms with Crippen molar-refractivity contribution >= 4 is 11.7 Å². The number of carbonyl (C=O) groups excluding carboxylic acids is 1. The van der Waals surface area contributed by atoms with Crippen molar-refractivity contribution < 1.29 is 9.18 Å². The zero-order chi connectivity index (χ0) is 19.3. The molecule has 1 aromatic carbocycles. The number of benzene rings is 1. The lowest BCUT2D eigenvalue weighted by molar-refractivity contribution is -0.126. The number of aromatic nitrogens is 2. The third kappa shape index (κ3) is 4.49. The minimum atomic E-state index is -0.281. The number of hydrogen-bond acceptors (Lipinski definition) is 4. The van der Waals surface area contributed by atoms with Crippen LogP contribution in [0.5, 0.6) is 0 Å². The Morgan fingerprint density at radius 2 is 1.79 bits per heavy atom. The highest BCUT2D eigenvalue weighted by Crippen LogP contribution is 2.25. The lowest BCUT2D eigenvalue weighted by Crippen LogP contribution is -2.44. The maximum Gasteiger partial charge on any atom is 0.223 e. The molecule has 0 radical (unpaired) electrons. The lowest BCUT2D eigenvalue weighted by atomic mass is 9.92. The zero-order valence-electron chi connectivity index (χ0n) is 16.1. The standard InChI is InChI=1S/C22H27FN4O/c23-18-6-4-5-17(15-18)20-9-10-21(26-25-20)27-13-11-16(12-14-27)22(28)24-19-7-2-1-3-8-19/h4-6,9-10,15-16,19H,1-3,7-8,11-14H2,(H,24,28). The van der Waals surface area contributed by atoms with Gasteiger partial charge in [0.1, 0.15) is 5.82 Å². The van der Waals surface area contributed by atoms with E-state index < -0.39 is 0 Å². The predicted molar refractivity (Wildman–Crippen MR) is 107 cm³/mol. The number of carbonyl (C=O) groups is 1. The Bertz CT molecular complexity index is 796. The van der Waals surface area contributed by atoms with Gasteiger partial charge >= 0.3 is 0 Å². The molecule has 1 aliphatic carbocycles. The van der Waals surface area contributed by atoms with Gasteiger partial charge in [0.25, 0.3) is 0 Å². The summed E-state index contributed by atoms with van der Waals surface area (Å²) in [5.41, 5.74) is 1.38. The second-order valence-corrected chi connectivity index (χ2v) is 7.89. The molecule has 148 valence electrons. The fraction of sp³-hybridized carbons (Fsp3) is 0.500. The van der Waals surface area contributed by atoms with Gasteiger partial charge in [0, 0.05) is 30.6 Å². The zero-order valence-corrected chi connectivity index (χ0v) is 16.1. The van der Waals surface area contributed by atoms with E-state index in [0.29, 0.717) is 11.7 Å². The van der Waals surface area contributed by atoms with E-state index in [1.807, 2.05) is 18.2 Å². The van der Waals surface area contributed by atoms with Crippen molar-refractivity contribution in [1.82, 2.24) is 15.5 Å². The first-order chi connectivity index (χ1) is 13.7. The van der Waals surface area contributed by atoms with Crippen molar-refractivity contribution in [2.24, 2.45) is 5.92 Å². The van der Waals surface area contributed by atoms with Gasteiger partial charge in [-0.05, 0) is 49.9 Å². The molecule has 2 aromatic rings. The molecule has 1 aromatic heterocycles. The van der Waals surface area contributed by atoms with Crippen LogP contribution >= 0.6 is 0 Å². The summed E-state index contributed by atoms with van der Waals surface area (Å²) in [7, 11) is 0. The molecule has 2 aliphatic rings. The van der Waals surface area contributed by atoms with Crippen LogP contribution in [-0.4, -0.2) is 35.2 Å². The van der Waals surface area contributed by atoms with Gasteiger partial charge in [-0.25, -0.2) is 4.39 Å². The number of nitrogens with zero attached hydrogens (tertiary/aromatic N) is 3. The molecular formula is C22H27FN4O. The van der Waals surface area contributed by atoms with Gasteiger partial charge in [0.2, 0.25) is 5.91 Å². The van der Waals surface area contributed by atoms with Crippen LogP contribution in [-0.2, 0) is 4.79 Å². The summed E-state index contributed by atoms with van der Waals surface area (Å²) in [5, 5.41) is 11.8. The first-order valence-corrected chi connectivity index (χ1v) is 10.3. The fourth-order valence-corrected chi connectivity index (χ4v) is 4.23. The number of hydrogen-bond donors (Lipinski definition) is 1. The van der Waals surface area contributed by atoms with E-state index in [2.05, 4.69) is 20.4 Å². The summed E-state index contributed by atoms with van der Waals surface area (Å²) in [6.07, 6.45) is 7.68. The quantitative estimate of drug-likeness (QED) is 0.870. The number of nitrogens with one attached hydrogen (secondary N) is 1. The maximum atomic E-state index is 13.4. The maximum absolute atomic E-state index is 13.4. The highest BCUT2D eigenvalue weighted by atomic mass is 19.1. The molecule has 28 heavy (non-hydrogen) atoms. The molecule has 2 heterocycles. The molecule has 1 saturated carbocycles. The van der Waals surface area contributed by atoms with Gasteiger partial charge in [0.05, 0.1) is 5.69 Å².